The lowest BCUT2D eigenvalue weighted by Crippen LogP contribution is -2.07. The van der Waals surface area contributed by atoms with Crippen molar-refractivity contribution in [2.75, 3.05) is 0 Å². The summed E-state index contributed by atoms with van der Waals surface area (Å²) in [5.74, 6) is 1.63. The van der Waals surface area contributed by atoms with E-state index >= 15 is 0 Å². The van der Waals surface area contributed by atoms with Crippen LogP contribution in [0.15, 0.2) is 209 Å². The summed E-state index contributed by atoms with van der Waals surface area (Å²) in [5, 5.41) is 8.66. The molecule has 64 heavy (non-hydrogen) atoms. The number of nitrogens with zero attached hydrogens (tertiary/aromatic N) is 5. The van der Waals surface area contributed by atoms with Gasteiger partial charge in [-0.2, -0.15) is 9.97 Å². The van der Waals surface area contributed by atoms with Crippen molar-refractivity contribution < 1.29 is 8.83 Å². The predicted octanol–water partition coefficient (Wildman–Crippen LogP) is 14.9. The maximum absolute atomic E-state index is 6.89. The van der Waals surface area contributed by atoms with Gasteiger partial charge in [0.15, 0.2) is 17.2 Å². The zero-order chi connectivity index (χ0) is 41.9. The van der Waals surface area contributed by atoms with Crippen molar-refractivity contribution in [1.82, 2.24) is 24.1 Å². The highest BCUT2D eigenvalue weighted by molar-refractivity contribution is 6.24. The third-order valence-corrected chi connectivity index (χ3v) is 12.8. The van der Waals surface area contributed by atoms with Crippen LogP contribution < -0.4 is 0 Å². The van der Waals surface area contributed by atoms with Crippen LogP contribution in [-0.2, 0) is 0 Å². The second kappa shape index (κ2) is 13.3. The largest absolute Gasteiger partial charge is 0.456 e. The Kier molecular flexibility index (Phi) is 7.27. The minimum absolute atomic E-state index is 0.510. The summed E-state index contributed by atoms with van der Waals surface area (Å²) in [4.78, 5) is 15.9. The molecule has 0 saturated carbocycles. The SMILES string of the molecule is c1ccc(-c2cc(-n3c4ccccc4c4ccc5c6ccccc6n(-c6nc(-c7ccccc7)nc(-c7ccc8c(c7)oc7ccccc78)n6)c5c43)c3oc4ccccc4c3c2)cc1. The standard InChI is InChI=1S/C57H33N5O2/c1-3-15-34(16-4-1)37-31-45-41-22-10-14-26-50(41)64-54(45)48(32-37)61-46-23-11-7-19-38(46)43-29-30-44-39-20-8-12-24-47(39)62(53(44)52(43)61)57-59-55(35-17-5-2-6-18-35)58-56(60-57)36-27-28-42-40-21-9-13-25-49(40)63-51(42)33-36/h1-33H. The second-order valence-corrected chi connectivity index (χ2v) is 16.4. The van der Waals surface area contributed by atoms with Crippen LogP contribution in [-0.4, -0.2) is 24.1 Å². The van der Waals surface area contributed by atoms with Crippen LogP contribution in [0.3, 0.4) is 0 Å². The molecule has 0 amide bonds. The molecule has 14 aromatic rings. The molecule has 298 valence electrons. The predicted molar refractivity (Wildman–Crippen MR) is 259 cm³/mol. The lowest BCUT2D eigenvalue weighted by Gasteiger charge is -2.14. The number of fused-ring (bicyclic) bond motifs is 13. The van der Waals surface area contributed by atoms with Gasteiger partial charge in [-0.3, -0.25) is 4.57 Å². The normalized spacial score (nSPS) is 12.1. The lowest BCUT2D eigenvalue weighted by molar-refractivity contribution is 0.666. The Hall–Kier alpha value is -8.81. The molecule has 7 heteroatoms. The molecule has 9 aromatic carbocycles. The Morgan fingerprint density at radius 2 is 0.828 bits per heavy atom. The van der Waals surface area contributed by atoms with Gasteiger partial charge in [-0.1, -0.05) is 152 Å². The first-order valence-corrected chi connectivity index (χ1v) is 21.4. The number of hydrogen-bond acceptors (Lipinski definition) is 5. The van der Waals surface area contributed by atoms with Crippen molar-refractivity contribution in [3.63, 3.8) is 0 Å². The van der Waals surface area contributed by atoms with Crippen molar-refractivity contribution in [2.24, 2.45) is 0 Å². The zero-order valence-electron chi connectivity index (χ0n) is 34.1. The van der Waals surface area contributed by atoms with E-state index in [0.29, 0.717) is 17.6 Å². The molecule has 0 saturated heterocycles. The summed E-state index contributed by atoms with van der Waals surface area (Å²) in [6.07, 6.45) is 0. The summed E-state index contributed by atoms with van der Waals surface area (Å²) >= 11 is 0. The summed E-state index contributed by atoms with van der Waals surface area (Å²) < 4.78 is 17.9. The van der Waals surface area contributed by atoms with Gasteiger partial charge in [-0.25, -0.2) is 4.98 Å². The molecule has 5 aromatic heterocycles. The summed E-state index contributed by atoms with van der Waals surface area (Å²) in [5.41, 5.74) is 12.2. The van der Waals surface area contributed by atoms with Crippen LogP contribution in [0.2, 0.25) is 0 Å². The number of benzene rings is 9. The Morgan fingerprint density at radius 1 is 0.312 bits per heavy atom. The Morgan fingerprint density at radius 3 is 1.53 bits per heavy atom. The van der Waals surface area contributed by atoms with Gasteiger partial charge in [0.1, 0.15) is 16.7 Å². The number of hydrogen-bond donors (Lipinski definition) is 0. The fourth-order valence-electron chi connectivity index (χ4n) is 9.91. The first-order chi connectivity index (χ1) is 31.7. The highest BCUT2D eigenvalue weighted by atomic mass is 16.3. The van der Waals surface area contributed by atoms with Gasteiger partial charge in [0.05, 0.1) is 27.8 Å². The number of para-hydroxylation sites is 4. The molecule has 0 fully saturated rings. The van der Waals surface area contributed by atoms with Crippen molar-refractivity contribution in [2.45, 2.75) is 0 Å². The number of rotatable bonds is 5. The summed E-state index contributed by atoms with van der Waals surface area (Å²) in [6, 6.07) is 69.7. The van der Waals surface area contributed by atoms with Gasteiger partial charge in [-0.15, -0.1) is 0 Å². The summed E-state index contributed by atoms with van der Waals surface area (Å²) in [6.45, 7) is 0. The molecule has 0 atom stereocenters. The van der Waals surface area contributed by atoms with Crippen LogP contribution in [0.25, 0.3) is 133 Å². The molecule has 0 radical (unpaired) electrons. The van der Waals surface area contributed by atoms with E-state index in [0.717, 1.165) is 115 Å². The molecule has 0 N–H and O–H groups in total. The van der Waals surface area contributed by atoms with Crippen molar-refractivity contribution >= 4 is 87.5 Å². The van der Waals surface area contributed by atoms with Crippen molar-refractivity contribution in [3.8, 4) is 45.5 Å². The third-order valence-electron chi connectivity index (χ3n) is 12.8. The zero-order valence-corrected chi connectivity index (χ0v) is 34.1. The van der Waals surface area contributed by atoms with Gasteiger partial charge < -0.3 is 13.4 Å². The van der Waals surface area contributed by atoms with Gasteiger partial charge >= 0.3 is 0 Å². The first-order valence-electron chi connectivity index (χ1n) is 21.4. The molecular weight excluding hydrogens is 787 g/mol. The molecule has 0 spiro atoms. The van der Waals surface area contributed by atoms with E-state index in [4.69, 9.17) is 23.8 Å². The smallest absolute Gasteiger partial charge is 0.238 e. The molecule has 14 rings (SSSR count). The van der Waals surface area contributed by atoms with Crippen LogP contribution in [0, 0.1) is 0 Å². The quantitative estimate of drug-likeness (QED) is 0.173. The van der Waals surface area contributed by atoms with Crippen LogP contribution in [0.4, 0.5) is 0 Å². The first kappa shape index (κ1) is 34.9. The second-order valence-electron chi connectivity index (χ2n) is 16.4. The number of furan rings is 2. The topological polar surface area (TPSA) is 74.8 Å². The van der Waals surface area contributed by atoms with Crippen molar-refractivity contribution in [1.29, 1.82) is 0 Å². The third kappa shape index (κ3) is 5.06. The lowest BCUT2D eigenvalue weighted by atomic mass is 10.0. The summed E-state index contributed by atoms with van der Waals surface area (Å²) in [7, 11) is 0. The van der Waals surface area contributed by atoms with E-state index in [-0.39, 0.29) is 0 Å². The van der Waals surface area contributed by atoms with E-state index in [9.17, 15) is 0 Å². The van der Waals surface area contributed by atoms with Gasteiger partial charge in [0, 0.05) is 54.2 Å². The highest BCUT2D eigenvalue weighted by Crippen LogP contribution is 2.45. The van der Waals surface area contributed by atoms with Crippen molar-refractivity contribution in [3.05, 3.63) is 200 Å². The van der Waals surface area contributed by atoms with Crippen LogP contribution >= 0.6 is 0 Å². The fourth-order valence-corrected chi connectivity index (χ4v) is 9.91. The van der Waals surface area contributed by atoms with E-state index < -0.39 is 0 Å². The Labute approximate surface area is 364 Å². The van der Waals surface area contributed by atoms with E-state index in [2.05, 4.69) is 149 Å². The number of aromatic nitrogens is 5. The van der Waals surface area contributed by atoms with Gasteiger partial charge in [-0.05, 0) is 59.7 Å². The minimum Gasteiger partial charge on any atom is -0.456 e. The highest BCUT2D eigenvalue weighted by Gasteiger charge is 2.26. The average Bonchev–Trinajstić information content (AvgIpc) is 4.12. The molecule has 0 bridgehead atoms. The van der Waals surface area contributed by atoms with Gasteiger partial charge in [0.25, 0.3) is 0 Å². The monoisotopic (exact) mass is 819 g/mol. The molecule has 0 aliphatic rings. The van der Waals surface area contributed by atoms with E-state index in [1.165, 1.54) is 0 Å². The fraction of sp³-hybridized carbons (Fsp3) is 0. The minimum atomic E-state index is 0.510. The average molecular weight is 820 g/mol. The van der Waals surface area contributed by atoms with E-state index in [1.807, 2.05) is 60.7 Å². The molecule has 0 aliphatic carbocycles. The molecular formula is C57H33N5O2. The maximum Gasteiger partial charge on any atom is 0.238 e. The van der Waals surface area contributed by atoms with Crippen LogP contribution in [0.5, 0.6) is 0 Å². The Bertz CT molecular complexity index is 4200. The Balaban J connectivity index is 1.12. The molecule has 7 nitrogen and oxygen atoms in total. The van der Waals surface area contributed by atoms with E-state index in [1.54, 1.807) is 0 Å². The molecule has 0 unspecified atom stereocenters. The molecule has 5 heterocycles. The van der Waals surface area contributed by atoms with Crippen LogP contribution in [0.1, 0.15) is 0 Å². The molecule has 0 aliphatic heterocycles. The van der Waals surface area contributed by atoms with Gasteiger partial charge in [0.2, 0.25) is 5.95 Å². The maximum atomic E-state index is 6.89.